The van der Waals surface area contributed by atoms with E-state index >= 15 is 0 Å². The van der Waals surface area contributed by atoms with Gasteiger partial charge in [0.25, 0.3) is 0 Å². The van der Waals surface area contributed by atoms with Gasteiger partial charge in [-0.1, -0.05) is 44.7 Å². The smallest absolute Gasteiger partial charge is 0.0130 e. The summed E-state index contributed by atoms with van der Waals surface area (Å²) in [5.74, 6) is 0.970. The predicted molar refractivity (Wildman–Crippen MR) is 86.9 cm³/mol. The number of halogens is 1. The van der Waals surface area contributed by atoms with Crippen molar-refractivity contribution in [3.63, 3.8) is 0 Å². The molecule has 0 heterocycles. The van der Waals surface area contributed by atoms with Crippen LogP contribution in [0.4, 0.5) is 0 Å². The molecule has 1 aromatic carbocycles. The summed E-state index contributed by atoms with van der Waals surface area (Å²) in [6.45, 7) is 3.30. The lowest BCUT2D eigenvalue weighted by Crippen LogP contribution is -2.32. The normalized spacial score (nSPS) is 18.1. The van der Waals surface area contributed by atoms with Crippen LogP contribution in [-0.2, 0) is 6.42 Å². The molecule has 0 saturated heterocycles. The van der Waals surface area contributed by atoms with Gasteiger partial charge in [0.2, 0.25) is 0 Å². The van der Waals surface area contributed by atoms with Crippen molar-refractivity contribution in [2.45, 2.75) is 51.5 Å². The number of hydrogen-bond acceptors (Lipinski definition) is 1. The Labute approximate surface area is 125 Å². The second kappa shape index (κ2) is 7.49. The Morgan fingerprint density at radius 1 is 1.22 bits per heavy atom. The molecule has 1 N–H and O–H groups in total. The van der Waals surface area contributed by atoms with E-state index in [4.69, 9.17) is 0 Å². The third kappa shape index (κ3) is 4.54. The Morgan fingerprint density at radius 3 is 2.50 bits per heavy atom. The van der Waals surface area contributed by atoms with Crippen molar-refractivity contribution in [3.8, 4) is 0 Å². The van der Waals surface area contributed by atoms with Crippen LogP contribution in [0.1, 0.15) is 44.6 Å². The zero-order valence-corrected chi connectivity index (χ0v) is 13.4. The Balaban J connectivity index is 1.90. The topological polar surface area (TPSA) is 12.0 Å². The SMILES string of the molecule is CCNC(Cc1ccc(I)cc1)CC1CCCC1. The Hall–Kier alpha value is -0.0900. The van der Waals surface area contributed by atoms with Gasteiger partial charge < -0.3 is 5.32 Å². The van der Waals surface area contributed by atoms with Crippen LogP contribution in [0.3, 0.4) is 0 Å². The largest absolute Gasteiger partial charge is 0.314 e. The molecule has 18 heavy (non-hydrogen) atoms. The van der Waals surface area contributed by atoms with Gasteiger partial charge in [0.1, 0.15) is 0 Å². The Bertz CT molecular complexity index is 341. The molecule has 1 unspecified atom stereocenters. The Morgan fingerprint density at radius 2 is 1.89 bits per heavy atom. The van der Waals surface area contributed by atoms with E-state index in [-0.39, 0.29) is 0 Å². The summed E-state index contributed by atoms with van der Waals surface area (Å²) >= 11 is 2.37. The summed E-state index contributed by atoms with van der Waals surface area (Å²) in [7, 11) is 0. The average Bonchev–Trinajstić information content (AvgIpc) is 2.85. The first-order valence-electron chi connectivity index (χ1n) is 7.25. The third-order valence-electron chi connectivity index (χ3n) is 3.98. The summed E-state index contributed by atoms with van der Waals surface area (Å²) in [6, 6.07) is 9.66. The number of benzene rings is 1. The van der Waals surface area contributed by atoms with E-state index in [1.807, 2.05) is 0 Å². The first kappa shape index (κ1) is 14.3. The van der Waals surface area contributed by atoms with Gasteiger partial charge in [-0.25, -0.2) is 0 Å². The maximum absolute atomic E-state index is 3.67. The van der Waals surface area contributed by atoms with E-state index in [1.165, 1.54) is 47.7 Å². The highest BCUT2D eigenvalue weighted by Gasteiger charge is 2.19. The number of nitrogens with one attached hydrogen (secondary N) is 1. The standard InChI is InChI=1S/C16H24IN/c1-2-18-16(11-13-5-3-4-6-13)12-14-7-9-15(17)10-8-14/h7-10,13,16,18H,2-6,11-12H2,1H3. The molecular formula is C16H24IN. The molecule has 0 bridgehead atoms. The number of rotatable bonds is 6. The maximum atomic E-state index is 3.67. The fourth-order valence-electron chi connectivity index (χ4n) is 3.08. The van der Waals surface area contributed by atoms with Crippen molar-refractivity contribution >= 4 is 22.6 Å². The molecule has 1 saturated carbocycles. The minimum absolute atomic E-state index is 0.665. The third-order valence-corrected chi connectivity index (χ3v) is 4.70. The number of hydrogen-bond donors (Lipinski definition) is 1. The van der Waals surface area contributed by atoms with E-state index in [0.717, 1.165) is 12.5 Å². The molecule has 100 valence electrons. The molecule has 0 aromatic heterocycles. The molecule has 1 fully saturated rings. The van der Waals surface area contributed by atoms with E-state index < -0.39 is 0 Å². The zero-order chi connectivity index (χ0) is 12.8. The summed E-state index contributed by atoms with van der Waals surface area (Å²) in [6.07, 6.45) is 8.35. The summed E-state index contributed by atoms with van der Waals surface area (Å²) in [5.41, 5.74) is 1.47. The molecule has 1 atom stereocenters. The summed E-state index contributed by atoms with van der Waals surface area (Å²) < 4.78 is 1.33. The van der Waals surface area contributed by atoms with Crippen LogP contribution in [0.25, 0.3) is 0 Å². The van der Waals surface area contributed by atoms with Gasteiger partial charge in [0, 0.05) is 9.61 Å². The van der Waals surface area contributed by atoms with E-state index in [9.17, 15) is 0 Å². The Kier molecular flexibility index (Phi) is 5.96. The van der Waals surface area contributed by atoms with Gasteiger partial charge in [-0.3, -0.25) is 0 Å². The van der Waals surface area contributed by atoms with Crippen LogP contribution in [-0.4, -0.2) is 12.6 Å². The molecule has 1 aliphatic rings. The molecule has 1 aliphatic carbocycles. The summed E-state index contributed by atoms with van der Waals surface area (Å²) in [4.78, 5) is 0. The molecule has 2 rings (SSSR count). The minimum Gasteiger partial charge on any atom is -0.314 e. The molecular weight excluding hydrogens is 333 g/mol. The molecule has 1 nitrogen and oxygen atoms in total. The lowest BCUT2D eigenvalue weighted by atomic mass is 9.94. The second-order valence-corrected chi connectivity index (χ2v) is 6.72. The molecule has 0 amide bonds. The van der Waals surface area contributed by atoms with Crippen LogP contribution < -0.4 is 5.32 Å². The first-order valence-corrected chi connectivity index (χ1v) is 8.33. The van der Waals surface area contributed by atoms with Crippen molar-refractivity contribution in [1.82, 2.24) is 5.32 Å². The minimum atomic E-state index is 0.665. The first-order chi connectivity index (χ1) is 8.78. The highest BCUT2D eigenvalue weighted by Crippen LogP contribution is 2.29. The van der Waals surface area contributed by atoms with Crippen LogP contribution >= 0.6 is 22.6 Å². The van der Waals surface area contributed by atoms with E-state index in [1.54, 1.807) is 0 Å². The molecule has 0 spiro atoms. The van der Waals surface area contributed by atoms with Gasteiger partial charge in [0.05, 0.1) is 0 Å². The molecule has 1 aromatic rings. The number of likely N-dealkylation sites (N-methyl/N-ethyl adjacent to an activating group) is 1. The van der Waals surface area contributed by atoms with Crippen LogP contribution in [0, 0.1) is 9.49 Å². The second-order valence-electron chi connectivity index (χ2n) is 5.47. The van der Waals surface area contributed by atoms with Gasteiger partial charge in [-0.15, -0.1) is 0 Å². The maximum Gasteiger partial charge on any atom is 0.0130 e. The van der Waals surface area contributed by atoms with Crippen molar-refractivity contribution in [2.24, 2.45) is 5.92 Å². The van der Waals surface area contributed by atoms with Crippen LogP contribution in [0.2, 0.25) is 0 Å². The van der Waals surface area contributed by atoms with Crippen LogP contribution in [0.15, 0.2) is 24.3 Å². The van der Waals surface area contributed by atoms with E-state index in [2.05, 4.69) is 59.1 Å². The lowest BCUT2D eigenvalue weighted by molar-refractivity contribution is 0.390. The quantitative estimate of drug-likeness (QED) is 0.745. The predicted octanol–water partition coefficient (Wildman–Crippen LogP) is 4.39. The fraction of sp³-hybridized carbons (Fsp3) is 0.625. The van der Waals surface area contributed by atoms with Gasteiger partial charge >= 0.3 is 0 Å². The van der Waals surface area contributed by atoms with Crippen molar-refractivity contribution in [2.75, 3.05) is 6.54 Å². The highest BCUT2D eigenvalue weighted by atomic mass is 127. The zero-order valence-electron chi connectivity index (χ0n) is 11.3. The van der Waals surface area contributed by atoms with Crippen LogP contribution in [0.5, 0.6) is 0 Å². The molecule has 0 aliphatic heterocycles. The lowest BCUT2D eigenvalue weighted by Gasteiger charge is -2.21. The van der Waals surface area contributed by atoms with Gasteiger partial charge in [-0.2, -0.15) is 0 Å². The van der Waals surface area contributed by atoms with Crippen molar-refractivity contribution in [3.05, 3.63) is 33.4 Å². The van der Waals surface area contributed by atoms with E-state index in [0.29, 0.717) is 6.04 Å². The highest BCUT2D eigenvalue weighted by molar-refractivity contribution is 14.1. The summed E-state index contributed by atoms with van der Waals surface area (Å²) in [5, 5.41) is 3.67. The molecule has 2 heteroatoms. The average molecular weight is 357 g/mol. The van der Waals surface area contributed by atoms with Gasteiger partial charge in [0.15, 0.2) is 0 Å². The fourth-order valence-corrected chi connectivity index (χ4v) is 3.44. The van der Waals surface area contributed by atoms with Crippen molar-refractivity contribution in [1.29, 1.82) is 0 Å². The van der Waals surface area contributed by atoms with Crippen molar-refractivity contribution < 1.29 is 0 Å². The molecule has 0 radical (unpaired) electrons. The monoisotopic (exact) mass is 357 g/mol. The van der Waals surface area contributed by atoms with Gasteiger partial charge in [-0.05, 0) is 65.6 Å².